The van der Waals surface area contributed by atoms with Crippen LogP contribution in [-0.4, -0.2) is 24.1 Å². The molecule has 0 atom stereocenters. The highest BCUT2D eigenvalue weighted by Gasteiger charge is 2.30. The maximum absolute atomic E-state index is 11.7. The smallest absolute Gasteiger partial charge is 0.166 e. The molecule has 0 bridgehead atoms. The van der Waals surface area contributed by atoms with Crippen molar-refractivity contribution in [3.63, 3.8) is 0 Å². The van der Waals surface area contributed by atoms with Crippen LogP contribution in [-0.2, 0) is 0 Å². The fraction of sp³-hybridized carbons (Fsp3) is 0. The molecule has 0 fully saturated rings. The summed E-state index contributed by atoms with van der Waals surface area (Å²) >= 11 is 3.62. The highest BCUT2D eigenvalue weighted by molar-refractivity contribution is 7.26. The normalized spacial score (nSPS) is 11.9. The second-order valence-electron chi connectivity index (χ2n) is 18.2. The fourth-order valence-corrected chi connectivity index (χ4v) is 13.3. The van der Waals surface area contributed by atoms with Crippen molar-refractivity contribution in [1.29, 1.82) is 5.26 Å². The fourth-order valence-electron chi connectivity index (χ4n) is 11.0. The van der Waals surface area contributed by atoms with E-state index in [2.05, 4.69) is 161 Å². The minimum Gasteiger partial charge on any atom is -0.306 e. The van der Waals surface area contributed by atoms with Crippen LogP contribution < -0.4 is 0 Å². The van der Waals surface area contributed by atoms with Gasteiger partial charge < -0.3 is 9.13 Å². The van der Waals surface area contributed by atoms with Crippen LogP contribution in [0.25, 0.3) is 141 Å². The third-order valence-corrected chi connectivity index (χ3v) is 16.5. The first kappa shape index (κ1) is 40.6. The average molecular weight is 953 g/mol. The van der Waals surface area contributed by atoms with Gasteiger partial charge in [0.15, 0.2) is 17.5 Å². The summed E-state index contributed by atoms with van der Waals surface area (Å²) in [7, 11) is 0. The van der Waals surface area contributed by atoms with Gasteiger partial charge in [0.05, 0.1) is 45.1 Å². The lowest BCUT2D eigenvalue weighted by Gasteiger charge is -2.24. The number of hydrogen-bond acceptors (Lipinski definition) is 6. The number of hydrogen-bond donors (Lipinski definition) is 0. The van der Waals surface area contributed by atoms with E-state index in [1.165, 1.54) is 40.3 Å². The highest BCUT2D eigenvalue weighted by Crippen LogP contribution is 2.49. The summed E-state index contributed by atoms with van der Waals surface area (Å²) in [4.78, 5) is 16.1. The summed E-state index contributed by atoms with van der Waals surface area (Å²) in [6.07, 6.45) is 0. The van der Waals surface area contributed by atoms with E-state index >= 15 is 0 Å². The Morgan fingerprint density at radius 1 is 0.333 bits per heavy atom. The van der Waals surface area contributed by atoms with E-state index in [-0.39, 0.29) is 0 Å². The van der Waals surface area contributed by atoms with Gasteiger partial charge in [0.2, 0.25) is 0 Å². The summed E-state index contributed by atoms with van der Waals surface area (Å²) in [5, 5.41) is 21.1. The molecule has 0 aliphatic rings. The SMILES string of the molecule is N#Cc1cc(-c2nc(-c3ccccc3)nc(-c3ccccc3)n2)c(-n2c3ccccc3c3cc4c(cc32)sc2ccccc24)c(-n2c3ccccc3c3cc4c(cc32)sc2ccccc24)c1-c1ccccc1. The predicted molar refractivity (Wildman–Crippen MR) is 301 cm³/mol. The lowest BCUT2D eigenvalue weighted by molar-refractivity contribution is 1.05. The van der Waals surface area contributed by atoms with Gasteiger partial charge in [-0.1, -0.05) is 164 Å². The molecule has 0 spiro atoms. The third kappa shape index (κ3) is 6.09. The van der Waals surface area contributed by atoms with Crippen LogP contribution in [0, 0.1) is 11.3 Å². The quantitative estimate of drug-likeness (QED) is 0.166. The largest absolute Gasteiger partial charge is 0.306 e. The molecule has 334 valence electrons. The summed E-state index contributed by atoms with van der Waals surface area (Å²) in [6.45, 7) is 0. The Morgan fingerprint density at radius 3 is 1.25 bits per heavy atom. The second-order valence-corrected chi connectivity index (χ2v) is 20.4. The topological polar surface area (TPSA) is 72.3 Å². The van der Waals surface area contributed by atoms with Gasteiger partial charge in [0.25, 0.3) is 0 Å². The molecule has 5 aromatic heterocycles. The van der Waals surface area contributed by atoms with Crippen LogP contribution in [0.1, 0.15) is 5.56 Å². The number of benzene rings is 10. The van der Waals surface area contributed by atoms with Crippen molar-refractivity contribution >= 4 is 107 Å². The van der Waals surface area contributed by atoms with Crippen molar-refractivity contribution in [1.82, 2.24) is 24.1 Å². The Bertz CT molecular complexity index is 4690. The first-order valence-electron chi connectivity index (χ1n) is 23.9. The number of nitrogens with zero attached hydrogens (tertiary/aromatic N) is 6. The molecule has 0 saturated carbocycles. The molecule has 0 unspecified atom stereocenters. The summed E-state index contributed by atoms with van der Waals surface area (Å²) in [5.74, 6) is 1.53. The van der Waals surface area contributed by atoms with Gasteiger partial charge in [-0.15, -0.1) is 22.7 Å². The van der Waals surface area contributed by atoms with Gasteiger partial charge in [0, 0.05) is 84.1 Å². The zero-order chi connectivity index (χ0) is 47.4. The molecule has 8 heteroatoms. The standard InChI is InChI=1S/C64H36N6S2/c65-37-41-32-50(64-67-62(39-20-6-2-7-21-39)66-63(68-64)40-22-8-3-9-23-40)60(69-51-28-14-10-24-42(51)46-33-48-44-26-12-16-30-55(44)71-57(48)35-53(46)69)61(59(41)38-18-4-1-5-19-38)70-52-29-15-11-25-43(52)47-34-49-45-27-13-17-31-56(45)72-58(49)36-54(47)70/h1-36H. The lowest BCUT2D eigenvalue weighted by Crippen LogP contribution is -2.11. The van der Waals surface area contributed by atoms with Crippen LogP contribution in [0.3, 0.4) is 0 Å². The van der Waals surface area contributed by atoms with Crippen LogP contribution in [0.2, 0.25) is 0 Å². The highest BCUT2D eigenvalue weighted by atomic mass is 32.1. The van der Waals surface area contributed by atoms with Crippen molar-refractivity contribution in [2.45, 2.75) is 0 Å². The molecule has 15 aromatic rings. The van der Waals surface area contributed by atoms with E-state index < -0.39 is 0 Å². The molecule has 0 saturated heterocycles. The predicted octanol–water partition coefficient (Wildman–Crippen LogP) is 17.3. The van der Waals surface area contributed by atoms with Gasteiger partial charge in [-0.2, -0.15) is 5.26 Å². The van der Waals surface area contributed by atoms with E-state index in [0.29, 0.717) is 28.6 Å². The van der Waals surface area contributed by atoms with E-state index in [1.54, 1.807) is 0 Å². The van der Waals surface area contributed by atoms with Crippen molar-refractivity contribution in [2.24, 2.45) is 0 Å². The van der Waals surface area contributed by atoms with Gasteiger partial charge in [-0.3, -0.25) is 0 Å². The maximum Gasteiger partial charge on any atom is 0.166 e. The van der Waals surface area contributed by atoms with Crippen LogP contribution in [0.4, 0.5) is 0 Å². The summed E-state index contributed by atoms with van der Waals surface area (Å²) in [5.41, 5.74) is 10.5. The van der Waals surface area contributed by atoms with E-state index in [1.807, 2.05) is 95.5 Å². The molecule has 0 N–H and O–H groups in total. The molecule has 6 nitrogen and oxygen atoms in total. The first-order chi connectivity index (χ1) is 35.7. The Morgan fingerprint density at radius 2 is 0.750 bits per heavy atom. The molecule has 0 aliphatic carbocycles. The van der Waals surface area contributed by atoms with Crippen LogP contribution >= 0.6 is 22.7 Å². The Hall–Kier alpha value is -9.26. The monoisotopic (exact) mass is 952 g/mol. The van der Waals surface area contributed by atoms with Crippen molar-refractivity contribution < 1.29 is 0 Å². The zero-order valence-corrected chi connectivity index (χ0v) is 39.9. The van der Waals surface area contributed by atoms with E-state index in [4.69, 9.17) is 15.0 Å². The van der Waals surface area contributed by atoms with Crippen molar-refractivity contribution in [3.8, 4) is 62.7 Å². The summed E-state index contributed by atoms with van der Waals surface area (Å²) in [6, 6.07) is 79.6. The third-order valence-electron chi connectivity index (χ3n) is 14.2. The summed E-state index contributed by atoms with van der Waals surface area (Å²) < 4.78 is 9.72. The van der Waals surface area contributed by atoms with Crippen LogP contribution in [0.15, 0.2) is 218 Å². The molecular weight excluding hydrogens is 917 g/mol. The molecular formula is C64H36N6S2. The number of para-hydroxylation sites is 2. The molecule has 15 rings (SSSR count). The minimum absolute atomic E-state index is 0.455. The number of nitriles is 1. The molecule has 0 amide bonds. The van der Waals surface area contributed by atoms with Crippen molar-refractivity contribution in [2.75, 3.05) is 0 Å². The molecule has 10 aromatic carbocycles. The Kier molecular flexibility index (Phi) is 8.96. The molecule has 5 heterocycles. The minimum atomic E-state index is 0.455. The zero-order valence-electron chi connectivity index (χ0n) is 38.3. The average Bonchev–Trinajstić information content (AvgIpc) is 4.19. The Labute approximate surface area is 420 Å². The molecule has 72 heavy (non-hydrogen) atoms. The lowest BCUT2D eigenvalue weighted by atomic mass is 9.92. The van der Waals surface area contributed by atoms with Gasteiger partial charge in [-0.25, -0.2) is 15.0 Å². The number of thiophene rings is 2. The van der Waals surface area contributed by atoms with Gasteiger partial charge in [-0.05, 0) is 60.2 Å². The number of fused-ring (bicyclic) bond motifs is 12. The van der Waals surface area contributed by atoms with Crippen molar-refractivity contribution in [3.05, 3.63) is 224 Å². The number of aromatic nitrogens is 5. The number of rotatable bonds is 6. The van der Waals surface area contributed by atoms with Crippen LogP contribution in [0.5, 0.6) is 0 Å². The van der Waals surface area contributed by atoms with Gasteiger partial charge >= 0.3 is 0 Å². The van der Waals surface area contributed by atoms with Gasteiger partial charge in [0.1, 0.15) is 0 Å². The second kappa shape index (κ2) is 15.9. The van der Waals surface area contributed by atoms with E-state index in [9.17, 15) is 5.26 Å². The molecule has 0 aliphatic heterocycles. The van der Waals surface area contributed by atoms with E-state index in [0.717, 1.165) is 77.2 Å². The Balaban J connectivity index is 1.19. The molecule has 0 radical (unpaired) electrons. The first-order valence-corrected chi connectivity index (χ1v) is 25.5. The maximum atomic E-state index is 11.7.